The maximum atomic E-state index is 6.11. The standard InChI is InChI=1S/C21H32OS/c1-13(2)17-9-10-18(22-17)15(5)16(6)21(7,8)20-12-11-19(23-20)14(3)4/h9-16H,1-8H3. The van der Waals surface area contributed by atoms with Crippen LogP contribution < -0.4 is 0 Å². The van der Waals surface area contributed by atoms with Gasteiger partial charge in [0.25, 0.3) is 0 Å². The molecule has 23 heavy (non-hydrogen) atoms. The molecule has 0 aliphatic heterocycles. The van der Waals surface area contributed by atoms with Crippen molar-refractivity contribution in [3.8, 4) is 0 Å². The van der Waals surface area contributed by atoms with Crippen LogP contribution in [0.3, 0.4) is 0 Å². The molecule has 0 aromatic carbocycles. The van der Waals surface area contributed by atoms with Crippen LogP contribution in [0.2, 0.25) is 0 Å². The summed E-state index contributed by atoms with van der Waals surface area (Å²) in [6.45, 7) is 18.3. The zero-order valence-corrected chi connectivity index (χ0v) is 16.8. The Morgan fingerprint density at radius 2 is 1.43 bits per heavy atom. The van der Waals surface area contributed by atoms with Crippen LogP contribution in [-0.2, 0) is 5.41 Å². The molecule has 0 aliphatic carbocycles. The molecule has 2 aromatic rings. The summed E-state index contributed by atoms with van der Waals surface area (Å²) in [6, 6.07) is 8.93. The largest absolute Gasteiger partial charge is 0.466 e. The molecule has 2 heterocycles. The smallest absolute Gasteiger partial charge is 0.107 e. The Balaban J connectivity index is 2.23. The third-order valence-corrected chi connectivity index (χ3v) is 7.11. The van der Waals surface area contributed by atoms with Crippen LogP contribution in [0.15, 0.2) is 28.7 Å². The van der Waals surface area contributed by atoms with Crippen LogP contribution in [0.5, 0.6) is 0 Å². The lowest BCUT2D eigenvalue weighted by molar-refractivity contribution is 0.274. The summed E-state index contributed by atoms with van der Waals surface area (Å²) in [5.74, 6) is 4.18. The molecule has 2 atom stereocenters. The number of furan rings is 1. The molecule has 2 rings (SSSR count). The number of rotatable bonds is 6. The maximum Gasteiger partial charge on any atom is 0.107 e. The van der Waals surface area contributed by atoms with Crippen molar-refractivity contribution in [3.63, 3.8) is 0 Å². The Kier molecular flexibility index (Phi) is 5.45. The van der Waals surface area contributed by atoms with Gasteiger partial charge in [-0.15, -0.1) is 11.3 Å². The lowest BCUT2D eigenvalue weighted by Gasteiger charge is -2.34. The normalized spacial score (nSPS) is 15.4. The Labute approximate surface area is 146 Å². The predicted octanol–water partition coefficient (Wildman–Crippen LogP) is 7.31. The Hall–Kier alpha value is -1.02. The van der Waals surface area contributed by atoms with Crippen molar-refractivity contribution in [2.45, 2.75) is 78.6 Å². The first-order chi connectivity index (χ1) is 10.6. The molecule has 0 saturated heterocycles. The minimum Gasteiger partial charge on any atom is -0.466 e. The fourth-order valence-electron chi connectivity index (χ4n) is 3.03. The van der Waals surface area contributed by atoms with Gasteiger partial charge in [0.15, 0.2) is 0 Å². The minimum atomic E-state index is 0.141. The molecule has 1 nitrogen and oxygen atoms in total. The highest BCUT2D eigenvalue weighted by Gasteiger charge is 2.35. The first-order valence-electron chi connectivity index (χ1n) is 8.84. The van der Waals surface area contributed by atoms with E-state index in [0.29, 0.717) is 23.7 Å². The van der Waals surface area contributed by atoms with E-state index in [1.807, 2.05) is 11.3 Å². The average molecular weight is 333 g/mol. The van der Waals surface area contributed by atoms with Gasteiger partial charge in [-0.2, -0.15) is 0 Å². The molecule has 0 fully saturated rings. The van der Waals surface area contributed by atoms with E-state index in [1.165, 1.54) is 9.75 Å². The summed E-state index contributed by atoms with van der Waals surface area (Å²) in [5.41, 5.74) is 0.141. The van der Waals surface area contributed by atoms with E-state index in [4.69, 9.17) is 4.42 Å². The van der Waals surface area contributed by atoms with E-state index in [-0.39, 0.29) is 5.41 Å². The van der Waals surface area contributed by atoms with Crippen molar-refractivity contribution < 1.29 is 4.42 Å². The van der Waals surface area contributed by atoms with Crippen LogP contribution >= 0.6 is 11.3 Å². The van der Waals surface area contributed by atoms with E-state index in [1.54, 1.807) is 0 Å². The Morgan fingerprint density at radius 1 is 0.826 bits per heavy atom. The maximum absolute atomic E-state index is 6.11. The van der Waals surface area contributed by atoms with Gasteiger partial charge in [-0.25, -0.2) is 0 Å². The summed E-state index contributed by atoms with van der Waals surface area (Å²) < 4.78 is 6.11. The molecule has 128 valence electrons. The Bertz CT molecular complexity index is 630. The third-order valence-electron chi connectivity index (χ3n) is 5.38. The van der Waals surface area contributed by atoms with Crippen LogP contribution in [0.25, 0.3) is 0 Å². The van der Waals surface area contributed by atoms with Crippen LogP contribution in [0, 0.1) is 5.92 Å². The van der Waals surface area contributed by atoms with E-state index in [0.717, 1.165) is 11.5 Å². The second-order valence-electron chi connectivity index (χ2n) is 8.05. The second-order valence-corrected chi connectivity index (χ2v) is 9.17. The number of hydrogen-bond acceptors (Lipinski definition) is 2. The predicted molar refractivity (Wildman–Crippen MR) is 102 cm³/mol. The van der Waals surface area contributed by atoms with Gasteiger partial charge in [-0.1, -0.05) is 55.4 Å². The van der Waals surface area contributed by atoms with Crippen LogP contribution in [0.4, 0.5) is 0 Å². The van der Waals surface area contributed by atoms with Crippen molar-refractivity contribution in [3.05, 3.63) is 45.5 Å². The highest BCUT2D eigenvalue weighted by atomic mass is 32.1. The van der Waals surface area contributed by atoms with Gasteiger partial charge >= 0.3 is 0 Å². The molecule has 2 unspecified atom stereocenters. The van der Waals surface area contributed by atoms with Crippen molar-refractivity contribution in [1.82, 2.24) is 0 Å². The average Bonchev–Trinajstić information content (AvgIpc) is 3.14. The molecule has 0 bridgehead atoms. The lowest BCUT2D eigenvalue weighted by atomic mass is 9.72. The van der Waals surface area contributed by atoms with E-state index in [9.17, 15) is 0 Å². The fraction of sp³-hybridized carbons (Fsp3) is 0.619. The summed E-state index contributed by atoms with van der Waals surface area (Å²) in [5, 5.41) is 0. The third kappa shape index (κ3) is 3.74. The van der Waals surface area contributed by atoms with E-state index < -0.39 is 0 Å². The molecular formula is C21H32OS. The molecule has 0 aliphatic rings. The molecular weight excluding hydrogens is 300 g/mol. The number of thiophene rings is 1. The monoisotopic (exact) mass is 332 g/mol. The minimum absolute atomic E-state index is 0.141. The van der Waals surface area contributed by atoms with Gasteiger partial charge in [-0.05, 0) is 36.1 Å². The van der Waals surface area contributed by atoms with Gasteiger partial charge < -0.3 is 4.42 Å². The zero-order valence-electron chi connectivity index (χ0n) is 15.9. The van der Waals surface area contributed by atoms with Crippen molar-refractivity contribution in [1.29, 1.82) is 0 Å². The lowest BCUT2D eigenvalue weighted by Crippen LogP contribution is -2.29. The molecule has 2 aromatic heterocycles. The number of hydrogen-bond donors (Lipinski definition) is 0. The molecule has 0 spiro atoms. The summed E-state index contributed by atoms with van der Waals surface area (Å²) >= 11 is 1.97. The molecule has 0 amide bonds. The zero-order chi connectivity index (χ0) is 17.4. The molecule has 0 N–H and O–H groups in total. The molecule has 2 heteroatoms. The molecule has 0 saturated carbocycles. The van der Waals surface area contributed by atoms with Gasteiger partial charge in [0, 0.05) is 27.0 Å². The summed E-state index contributed by atoms with van der Waals surface area (Å²) in [6.07, 6.45) is 0. The summed E-state index contributed by atoms with van der Waals surface area (Å²) in [4.78, 5) is 2.96. The highest BCUT2D eigenvalue weighted by molar-refractivity contribution is 7.12. The van der Waals surface area contributed by atoms with Gasteiger partial charge in [-0.3, -0.25) is 0 Å². The second kappa shape index (κ2) is 6.84. The van der Waals surface area contributed by atoms with Crippen molar-refractivity contribution >= 4 is 11.3 Å². The van der Waals surface area contributed by atoms with Gasteiger partial charge in [0.1, 0.15) is 11.5 Å². The first-order valence-corrected chi connectivity index (χ1v) is 9.66. The van der Waals surface area contributed by atoms with Crippen molar-refractivity contribution in [2.75, 3.05) is 0 Å². The van der Waals surface area contributed by atoms with Crippen molar-refractivity contribution in [2.24, 2.45) is 5.92 Å². The highest BCUT2D eigenvalue weighted by Crippen LogP contribution is 2.44. The molecule has 0 radical (unpaired) electrons. The first kappa shape index (κ1) is 18.3. The Morgan fingerprint density at radius 3 is 1.91 bits per heavy atom. The SMILES string of the molecule is CC(C)c1ccc(C(C)C(C)C(C)(C)c2ccc(C(C)C)s2)o1. The van der Waals surface area contributed by atoms with Gasteiger partial charge in [0.2, 0.25) is 0 Å². The summed E-state index contributed by atoms with van der Waals surface area (Å²) in [7, 11) is 0. The van der Waals surface area contributed by atoms with Gasteiger partial charge in [0.05, 0.1) is 0 Å². The fourth-order valence-corrected chi connectivity index (χ4v) is 4.24. The quantitative estimate of drug-likeness (QED) is 0.540. The topological polar surface area (TPSA) is 13.1 Å². The van der Waals surface area contributed by atoms with E-state index in [2.05, 4.69) is 79.7 Å². The van der Waals surface area contributed by atoms with Crippen LogP contribution in [0.1, 0.15) is 94.4 Å². The van der Waals surface area contributed by atoms with E-state index >= 15 is 0 Å². The van der Waals surface area contributed by atoms with Crippen LogP contribution in [-0.4, -0.2) is 0 Å².